The number of piperazine rings is 1. The van der Waals surface area contributed by atoms with E-state index >= 15 is 0 Å². The van der Waals surface area contributed by atoms with Gasteiger partial charge in [-0.2, -0.15) is 0 Å². The standard InChI is InChI=1S/C15H20ClFN2O2/c1-21-15(20)4-5-18-6-8-19(9-7-18)11-12-10-13(16)2-3-14(12)17/h2-3,10H,4-9,11H2,1H3. The minimum Gasteiger partial charge on any atom is -0.469 e. The number of benzene rings is 1. The van der Waals surface area contributed by atoms with Gasteiger partial charge in [0.1, 0.15) is 5.82 Å². The van der Waals surface area contributed by atoms with E-state index in [-0.39, 0.29) is 11.8 Å². The third-order valence-electron chi connectivity index (χ3n) is 3.73. The molecule has 0 aliphatic carbocycles. The number of carbonyl (C=O) groups is 1. The molecule has 21 heavy (non-hydrogen) atoms. The van der Waals surface area contributed by atoms with Crippen LogP contribution in [0.1, 0.15) is 12.0 Å². The molecule has 1 aromatic carbocycles. The van der Waals surface area contributed by atoms with E-state index in [2.05, 4.69) is 14.5 Å². The molecule has 0 saturated carbocycles. The minimum absolute atomic E-state index is 0.182. The minimum atomic E-state index is -0.215. The lowest BCUT2D eigenvalue weighted by Crippen LogP contribution is -2.46. The summed E-state index contributed by atoms with van der Waals surface area (Å²) in [5.74, 6) is -0.397. The lowest BCUT2D eigenvalue weighted by Gasteiger charge is -2.34. The molecule has 1 heterocycles. The fraction of sp³-hybridized carbons (Fsp3) is 0.533. The zero-order valence-corrected chi connectivity index (χ0v) is 12.9. The lowest BCUT2D eigenvalue weighted by molar-refractivity contribution is -0.141. The van der Waals surface area contributed by atoms with Crippen LogP contribution in [0.3, 0.4) is 0 Å². The van der Waals surface area contributed by atoms with Gasteiger partial charge in [0.05, 0.1) is 13.5 Å². The smallest absolute Gasteiger partial charge is 0.306 e. The molecule has 6 heteroatoms. The molecular formula is C15H20ClFN2O2. The Bertz CT molecular complexity index is 491. The van der Waals surface area contributed by atoms with Gasteiger partial charge in [-0.1, -0.05) is 11.6 Å². The van der Waals surface area contributed by atoms with E-state index in [9.17, 15) is 9.18 Å². The Morgan fingerprint density at radius 2 is 1.95 bits per heavy atom. The number of methoxy groups -OCH3 is 1. The van der Waals surface area contributed by atoms with Gasteiger partial charge in [-0.05, 0) is 18.2 Å². The Morgan fingerprint density at radius 1 is 1.29 bits per heavy atom. The van der Waals surface area contributed by atoms with Crippen molar-refractivity contribution in [1.29, 1.82) is 0 Å². The highest BCUT2D eigenvalue weighted by Gasteiger charge is 2.18. The molecular weight excluding hydrogens is 295 g/mol. The van der Waals surface area contributed by atoms with Crippen molar-refractivity contribution in [2.75, 3.05) is 39.8 Å². The monoisotopic (exact) mass is 314 g/mol. The maximum absolute atomic E-state index is 13.7. The highest BCUT2D eigenvalue weighted by atomic mass is 35.5. The van der Waals surface area contributed by atoms with E-state index in [1.54, 1.807) is 12.1 Å². The molecule has 1 saturated heterocycles. The van der Waals surface area contributed by atoms with Gasteiger partial charge < -0.3 is 9.64 Å². The maximum atomic E-state index is 13.7. The number of halogens is 2. The van der Waals surface area contributed by atoms with Crippen molar-refractivity contribution in [2.24, 2.45) is 0 Å². The molecule has 116 valence electrons. The van der Waals surface area contributed by atoms with Crippen LogP contribution in [-0.2, 0) is 16.1 Å². The molecule has 0 radical (unpaired) electrons. The van der Waals surface area contributed by atoms with Gasteiger partial charge in [0, 0.05) is 49.9 Å². The molecule has 0 unspecified atom stereocenters. The Hall–Kier alpha value is -1.17. The van der Waals surface area contributed by atoms with Crippen LogP contribution in [-0.4, -0.2) is 55.6 Å². The molecule has 0 aromatic heterocycles. The fourth-order valence-corrected chi connectivity index (χ4v) is 2.62. The summed E-state index contributed by atoms with van der Waals surface area (Å²) in [5, 5.41) is 0.558. The van der Waals surface area contributed by atoms with Crippen LogP contribution in [0.5, 0.6) is 0 Å². The van der Waals surface area contributed by atoms with Gasteiger partial charge in [-0.25, -0.2) is 4.39 Å². The molecule has 0 bridgehead atoms. The Balaban J connectivity index is 1.79. The van der Waals surface area contributed by atoms with E-state index in [1.165, 1.54) is 13.2 Å². The van der Waals surface area contributed by atoms with Crippen molar-refractivity contribution in [3.05, 3.63) is 34.6 Å². The molecule has 0 N–H and O–H groups in total. The summed E-state index contributed by atoms with van der Waals surface area (Å²) in [4.78, 5) is 15.5. The van der Waals surface area contributed by atoms with E-state index in [1.807, 2.05) is 0 Å². The SMILES string of the molecule is COC(=O)CCN1CCN(Cc2cc(Cl)ccc2F)CC1. The Morgan fingerprint density at radius 3 is 2.62 bits per heavy atom. The van der Waals surface area contributed by atoms with Crippen LogP contribution in [0.2, 0.25) is 5.02 Å². The topological polar surface area (TPSA) is 32.8 Å². The van der Waals surface area contributed by atoms with Crippen molar-refractivity contribution in [1.82, 2.24) is 9.80 Å². The number of esters is 1. The molecule has 0 amide bonds. The van der Waals surface area contributed by atoms with Crippen molar-refractivity contribution < 1.29 is 13.9 Å². The first-order chi connectivity index (χ1) is 10.1. The second-order valence-electron chi connectivity index (χ2n) is 5.18. The summed E-state index contributed by atoms with van der Waals surface area (Å²) < 4.78 is 18.3. The lowest BCUT2D eigenvalue weighted by atomic mass is 10.2. The number of nitrogens with zero attached hydrogens (tertiary/aromatic N) is 2. The predicted octanol–water partition coefficient (Wildman–Crippen LogP) is 2.16. The zero-order chi connectivity index (χ0) is 15.2. The predicted molar refractivity (Wildman–Crippen MR) is 79.8 cm³/mol. The molecule has 1 aromatic rings. The second-order valence-corrected chi connectivity index (χ2v) is 5.62. The average Bonchev–Trinajstić information content (AvgIpc) is 2.50. The Labute approximate surface area is 129 Å². The van der Waals surface area contributed by atoms with Crippen LogP contribution >= 0.6 is 11.6 Å². The maximum Gasteiger partial charge on any atom is 0.306 e. The number of hydrogen-bond donors (Lipinski definition) is 0. The number of carbonyl (C=O) groups excluding carboxylic acids is 1. The molecule has 0 spiro atoms. The molecule has 4 nitrogen and oxygen atoms in total. The van der Waals surface area contributed by atoms with Crippen molar-refractivity contribution >= 4 is 17.6 Å². The van der Waals surface area contributed by atoms with Crippen molar-refractivity contribution in [3.8, 4) is 0 Å². The highest BCUT2D eigenvalue weighted by Crippen LogP contribution is 2.17. The first-order valence-electron chi connectivity index (χ1n) is 7.04. The molecule has 0 atom stereocenters. The quantitative estimate of drug-likeness (QED) is 0.780. The van der Waals surface area contributed by atoms with Crippen LogP contribution in [0.15, 0.2) is 18.2 Å². The van der Waals surface area contributed by atoms with Crippen LogP contribution < -0.4 is 0 Å². The van der Waals surface area contributed by atoms with Crippen molar-refractivity contribution in [3.63, 3.8) is 0 Å². The van der Waals surface area contributed by atoms with Gasteiger partial charge in [-0.3, -0.25) is 9.69 Å². The van der Waals surface area contributed by atoms with Crippen LogP contribution in [0.4, 0.5) is 4.39 Å². The third-order valence-corrected chi connectivity index (χ3v) is 3.96. The highest BCUT2D eigenvalue weighted by molar-refractivity contribution is 6.30. The summed E-state index contributed by atoms with van der Waals surface area (Å²) in [7, 11) is 1.40. The number of ether oxygens (including phenoxy) is 1. The fourth-order valence-electron chi connectivity index (χ4n) is 2.43. The summed E-state index contributed by atoms with van der Waals surface area (Å²) in [6.45, 7) is 4.74. The Kier molecular flexibility index (Phi) is 5.96. The van der Waals surface area contributed by atoms with Gasteiger partial charge in [0.2, 0.25) is 0 Å². The van der Waals surface area contributed by atoms with Gasteiger partial charge in [0.15, 0.2) is 0 Å². The van der Waals surface area contributed by atoms with Gasteiger partial charge in [0.25, 0.3) is 0 Å². The van der Waals surface area contributed by atoms with E-state index < -0.39 is 0 Å². The summed E-state index contributed by atoms with van der Waals surface area (Å²) in [6.07, 6.45) is 0.416. The average molecular weight is 315 g/mol. The van der Waals surface area contributed by atoms with Gasteiger partial charge >= 0.3 is 5.97 Å². The van der Waals surface area contributed by atoms with E-state index in [0.29, 0.717) is 30.1 Å². The summed E-state index contributed by atoms with van der Waals surface area (Å²) in [6, 6.07) is 4.65. The largest absolute Gasteiger partial charge is 0.469 e. The first kappa shape index (κ1) is 16.2. The molecule has 1 fully saturated rings. The molecule has 1 aliphatic rings. The van der Waals surface area contributed by atoms with E-state index in [0.717, 1.165) is 26.2 Å². The van der Waals surface area contributed by atoms with Crippen molar-refractivity contribution in [2.45, 2.75) is 13.0 Å². The molecule has 1 aliphatic heterocycles. The van der Waals surface area contributed by atoms with E-state index in [4.69, 9.17) is 11.6 Å². The van der Waals surface area contributed by atoms with Crippen LogP contribution in [0, 0.1) is 5.82 Å². The zero-order valence-electron chi connectivity index (χ0n) is 12.1. The number of rotatable bonds is 5. The third kappa shape index (κ3) is 4.95. The normalized spacial score (nSPS) is 16.9. The van der Waals surface area contributed by atoms with Crippen LogP contribution in [0.25, 0.3) is 0 Å². The molecule has 2 rings (SSSR count). The van der Waals surface area contributed by atoms with Gasteiger partial charge in [-0.15, -0.1) is 0 Å². The second kappa shape index (κ2) is 7.73. The summed E-state index contributed by atoms with van der Waals surface area (Å²) in [5.41, 5.74) is 0.630. The number of hydrogen-bond acceptors (Lipinski definition) is 4. The summed E-state index contributed by atoms with van der Waals surface area (Å²) >= 11 is 5.91. The first-order valence-corrected chi connectivity index (χ1v) is 7.41.